The molecule has 0 atom stereocenters. The zero-order valence-electron chi connectivity index (χ0n) is 13.4. The molecule has 0 radical (unpaired) electrons. The van der Waals surface area contributed by atoms with E-state index in [-0.39, 0.29) is 10.7 Å². The Morgan fingerprint density at radius 3 is 1.92 bits per heavy atom. The van der Waals surface area contributed by atoms with Gasteiger partial charge in [0.1, 0.15) is 0 Å². The van der Waals surface area contributed by atoms with Crippen LogP contribution in [-0.4, -0.2) is 12.1 Å². The average Bonchev–Trinajstić information content (AvgIpc) is 2.50. The van der Waals surface area contributed by atoms with Gasteiger partial charge in [-0.15, -0.1) is 0 Å². The van der Waals surface area contributed by atoms with Gasteiger partial charge in [0.2, 0.25) is 0 Å². The van der Waals surface area contributed by atoms with Crippen molar-refractivity contribution in [3.05, 3.63) is 54.4 Å². The third-order valence-electron chi connectivity index (χ3n) is 3.08. The fourth-order valence-corrected chi connectivity index (χ4v) is 2.89. The summed E-state index contributed by atoms with van der Waals surface area (Å²) in [5.41, 5.74) is 7.87. The summed E-state index contributed by atoms with van der Waals surface area (Å²) in [6.45, 7) is 3.50. The molecule has 0 aliphatic rings. The first-order valence-corrected chi connectivity index (χ1v) is 9.22. The molecule has 3 N–H and O–H groups in total. The summed E-state index contributed by atoms with van der Waals surface area (Å²) in [7, 11) is 0. The van der Waals surface area contributed by atoms with E-state index in [0.29, 0.717) is 15.1 Å². The van der Waals surface area contributed by atoms with E-state index in [2.05, 4.69) is 31.9 Å². The quantitative estimate of drug-likeness (QED) is 0.389. The largest absolute Gasteiger partial charge is 0.471 e. The Balaban J connectivity index is 0.000000289. The Morgan fingerprint density at radius 2 is 1.46 bits per heavy atom. The lowest BCUT2D eigenvalue weighted by Crippen LogP contribution is -2.30. The highest BCUT2D eigenvalue weighted by molar-refractivity contribution is 9.10. The summed E-state index contributed by atoms with van der Waals surface area (Å²) in [6, 6.07) is 6.41. The number of aryl methyl sites for hydroxylation is 2. The maximum Gasteiger partial charge on any atom is 0.471 e. The van der Waals surface area contributed by atoms with Crippen molar-refractivity contribution in [1.29, 1.82) is 0 Å². The highest BCUT2D eigenvalue weighted by Gasteiger charge is 2.38. The van der Waals surface area contributed by atoms with Gasteiger partial charge in [0, 0.05) is 20.3 Å². The van der Waals surface area contributed by atoms with Gasteiger partial charge in [-0.25, -0.2) is 0 Å². The van der Waals surface area contributed by atoms with Crippen LogP contribution in [0.4, 0.5) is 24.5 Å². The summed E-state index contributed by atoms with van der Waals surface area (Å²) < 4.78 is 37.4. The lowest BCUT2D eigenvalue weighted by molar-refractivity contribution is -0.167. The molecule has 0 fully saturated rings. The molecule has 0 saturated carbocycles. The second kappa shape index (κ2) is 9.30. The molecule has 0 spiro atoms. The van der Waals surface area contributed by atoms with E-state index in [1.54, 1.807) is 18.3 Å². The number of carbonyl (C=O) groups is 1. The normalized spacial score (nSPS) is 10.8. The Labute approximate surface area is 175 Å². The Hall–Kier alpha value is -0.960. The molecule has 1 amide bonds. The molecule has 2 aromatic rings. The molecule has 142 valence electrons. The van der Waals surface area contributed by atoms with Gasteiger partial charge in [-0.2, -0.15) is 13.2 Å². The summed E-state index contributed by atoms with van der Waals surface area (Å²) in [6.07, 6.45) is -4.91. The zero-order chi connectivity index (χ0) is 20.2. The van der Waals surface area contributed by atoms with Gasteiger partial charge < -0.3 is 11.1 Å². The summed E-state index contributed by atoms with van der Waals surface area (Å²) in [5.74, 6) is -2.02. The molecule has 10 heteroatoms. The van der Waals surface area contributed by atoms with Crippen molar-refractivity contribution >= 4 is 72.3 Å². The van der Waals surface area contributed by atoms with Crippen LogP contribution in [-0.2, 0) is 4.79 Å². The number of anilines is 2. The van der Waals surface area contributed by atoms with E-state index in [1.165, 1.54) is 12.1 Å². The monoisotopic (exact) mass is 534 g/mol. The van der Waals surface area contributed by atoms with Crippen LogP contribution < -0.4 is 11.1 Å². The fraction of sp³-hybridized carbons (Fsp3) is 0.188. The third kappa shape index (κ3) is 6.64. The SMILES string of the molecule is Cc1cc(Br)c(Cl)cc1N.Cc1cc(Br)c(Cl)cc1NC(=O)C(F)(F)F. The molecule has 0 heterocycles. The van der Waals surface area contributed by atoms with E-state index >= 15 is 0 Å². The number of rotatable bonds is 1. The number of alkyl halides is 3. The number of nitrogens with one attached hydrogen (secondary N) is 1. The maximum atomic E-state index is 12.0. The van der Waals surface area contributed by atoms with Crippen molar-refractivity contribution in [2.24, 2.45) is 0 Å². The van der Waals surface area contributed by atoms with Gasteiger partial charge >= 0.3 is 12.1 Å². The summed E-state index contributed by atoms with van der Waals surface area (Å²) in [4.78, 5) is 10.7. The van der Waals surface area contributed by atoms with E-state index in [9.17, 15) is 18.0 Å². The molecule has 26 heavy (non-hydrogen) atoms. The molecule has 0 aromatic heterocycles. The molecule has 0 unspecified atom stereocenters. The zero-order valence-corrected chi connectivity index (χ0v) is 18.1. The standard InChI is InChI=1S/C9H6BrClF3NO.C7H7BrClN/c1-4-2-5(10)6(11)3-7(4)15-8(16)9(12,13)14;1-4-2-5(8)6(9)3-7(4)10/h2-3H,1H3,(H,15,16);2-3H,10H2,1H3. The lowest BCUT2D eigenvalue weighted by Gasteiger charge is -2.11. The number of benzene rings is 2. The van der Waals surface area contributed by atoms with Crippen LogP contribution in [0.25, 0.3) is 0 Å². The molecule has 0 saturated heterocycles. The van der Waals surface area contributed by atoms with E-state index < -0.39 is 12.1 Å². The van der Waals surface area contributed by atoms with Crippen molar-refractivity contribution in [3.8, 4) is 0 Å². The second-order valence-electron chi connectivity index (χ2n) is 5.16. The number of hydrogen-bond acceptors (Lipinski definition) is 2. The first-order valence-electron chi connectivity index (χ1n) is 6.88. The molecule has 2 aromatic carbocycles. The number of amides is 1. The van der Waals surface area contributed by atoms with E-state index in [1.807, 2.05) is 13.0 Å². The predicted molar refractivity (Wildman–Crippen MR) is 107 cm³/mol. The molecule has 0 aliphatic heterocycles. The fourth-order valence-electron chi connectivity index (χ4n) is 1.64. The summed E-state index contributed by atoms with van der Waals surface area (Å²) >= 11 is 17.9. The van der Waals surface area contributed by atoms with Crippen molar-refractivity contribution < 1.29 is 18.0 Å². The first-order chi connectivity index (χ1) is 11.8. The van der Waals surface area contributed by atoms with Gasteiger partial charge in [-0.3, -0.25) is 4.79 Å². The number of halogens is 7. The molecule has 0 bridgehead atoms. The Morgan fingerprint density at radius 1 is 1.00 bits per heavy atom. The van der Waals surface area contributed by atoms with Crippen LogP contribution >= 0.6 is 55.1 Å². The second-order valence-corrected chi connectivity index (χ2v) is 7.68. The Bertz CT molecular complexity index is 780. The van der Waals surface area contributed by atoms with Crippen molar-refractivity contribution in [2.75, 3.05) is 11.1 Å². The van der Waals surface area contributed by atoms with Gasteiger partial charge in [0.25, 0.3) is 0 Å². The van der Waals surface area contributed by atoms with Crippen molar-refractivity contribution in [2.45, 2.75) is 20.0 Å². The number of carbonyl (C=O) groups excluding carboxylic acids is 1. The van der Waals surface area contributed by atoms with Crippen LogP contribution in [0, 0.1) is 13.8 Å². The van der Waals surface area contributed by atoms with Gasteiger partial charge in [-0.1, -0.05) is 23.2 Å². The third-order valence-corrected chi connectivity index (χ3v) is 5.48. The lowest BCUT2D eigenvalue weighted by atomic mass is 10.2. The van der Waals surface area contributed by atoms with Crippen molar-refractivity contribution in [3.63, 3.8) is 0 Å². The van der Waals surface area contributed by atoms with Crippen LogP contribution in [0.3, 0.4) is 0 Å². The average molecular weight is 537 g/mol. The minimum absolute atomic E-state index is 0.0375. The number of hydrogen-bond donors (Lipinski definition) is 2. The van der Waals surface area contributed by atoms with Gasteiger partial charge in [-0.05, 0) is 81.1 Å². The molecular formula is C16H13Br2Cl2F3N2O. The predicted octanol–water partition coefficient (Wildman–Crippen LogP) is 6.90. The van der Waals surface area contributed by atoms with Crippen LogP contribution in [0.1, 0.15) is 11.1 Å². The topological polar surface area (TPSA) is 55.1 Å². The molecule has 3 nitrogen and oxygen atoms in total. The van der Waals surface area contributed by atoms with Gasteiger partial charge in [0.15, 0.2) is 0 Å². The summed E-state index contributed by atoms with van der Waals surface area (Å²) in [5, 5.41) is 2.63. The number of nitrogens with two attached hydrogens (primary N) is 1. The van der Waals surface area contributed by atoms with Crippen LogP contribution in [0.5, 0.6) is 0 Å². The minimum Gasteiger partial charge on any atom is -0.398 e. The number of nitrogen functional groups attached to an aromatic ring is 1. The molecule has 2 rings (SSSR count). The first kappa shape index (κ1) is 23.1. The van der Waals surface area contributed by atoms with E-state index in [0.717, 1.165) is 15.7 Å². The van der Waals surface area contributed by atoms with Crippen LogP contribution in [0.15, 0.2) is 33.2 Å². The van der Waals surface area contributed by atoms with E-state index in [4.69, 9.17) is 28.9 Å². The van der Waals surface area contributed by atoms with Crippen molar-refractivity contribution in [1.82, 2.24) is 0 Å². The maximum absolute atomic E-state index is 12.0. The minimum atomic E-state index is -4.91. The smallest absolute Gasteiger partial charge is 0.398 e. The highest BCUT2D eigenvalue weighted by Crippen LogP contribution is 2.30. The van der Waals surface area contributed by atoms with Gasteiger partial charge in [0.05, 0.1) is 10.0 Å². The van der Waals surface area contributed by atoms with Crippen LogP contribution in [0.2, 0.25) is 10.0 Å². The molecule has 0 aliphatic carbocycles. The Kier molecular flexibility index (Phi) is 8.26. The molecular weight excluding hydrogens is 524 g/mol. The highest BCUT2D eigenvalue weighted by atomic mass is 79.9.